The van der Waals surface area contributed by atoms with Crippen molar-refractivity contribution in [2.45, 2.75) is 13.8 Å². The van der Waals surface area contributed by atoms with Crippen LogP contribution in [0, 0.1) is 13.8 Å². The number of benzene rings is 4. The number of carboxylic acid groups (broad SMARTS) is 2. The van der Waals surface area contributed by atoms with Crippen LogP contribution in [-0.4, -0.2) is 45.8 Å². The van der Waals surface area contributed by atoms with Gasteiger partial charge < -0.3 is 20.8 Å². The number of aromatic carboxylic acids is 2. The van der Waals surface area contributed by atoms with Crippen molar-refractivity contribution in [1.82, 2.24) is 0 Å². The van der Waals surface area contributed by atoms with Gasteiger partial charge in [-0.15, -0.1) is 0 Å². The maximum absolute atomic E-state index is 13.4. The Balaban J connectivity index is 1.36. The Morgan fingerprint density at radius 2 is 1.12 bits per heavy atom. The quantitative estimate of drug-likeness (QED) is 0.222. The van der Waals surface area contributed by atoms with Crippen molar-refractivity contribution in [3.63, 3.8) is 0 Å². The summed E-state index contributed by atoms with van der Waals surface area (Å²) >= 11 is 0. The minimum Gasteiger partial charge on any atom is -0.478 e. The van der Waals surface area contributed by atoms with E-state index in [0.29, 0.717) is 11.1 Å². The van der Waals surface area contributed by atoms with Crippen LogP contribution >= 0.6 is 0 Å². The van der Waals surface area contributed by atoms with Gasteiger partial charge in [0.25, 0.3) is 23.6 Å². The lowest BCUT2D eigenvalue weighted by molar-refractivity contribution is 0.0685. The van der Waals surface area contributed by atoms with E-state index in [4.69, 9.17) is 0 Å². The van der Waals surface area contributed by atoms with E-state index < -0.39 is 35.6 Å². The van der Waals surface area contributed by atoms with Crippen LogP contribution in [0.1, 0.15) is 73.3 Å². The van der Waals surface area contributed by atoms with Crippen molar-refractivity contribution < 1.29 is 39.0 Å². The molecule has 1 heterocycles. The Labute approximate surface area is 244 Å². The van der Waals surface area contributed by atoms with Gasteiger partial charge in [-0.05, 0) is 85.6 Å². The second kappa shape index (κ2) is 11.1. The molecule has 11 heteroatoms. The van der Waals surface area contributed by atoms with Gasteiger partial charge in [-0.2, -0.15) is 0 Å². The van der Waals surface area contributed by atoms with E-state index in [1.54, 1.807) is 38.1 Å². The van der Waals surface area contributed by atoms with Gasteiger partial charge in [0.1, 0.15) is 0 Å². The molecule has 0 bridgehead atoms. The van der Waals surface area contributed by atoms with E-state index in [2.05, 4.69) is 10.6 Å². The summed E-state index contributed by atoms with van der Waals surface area (Å²) in [6, 6.07) is 18.7. The van der Waals surface area contributed by atoms with Gasteiger partial charge in [0.15, 0.2) is 0 Å². The van der Waals surface area contributed by atoms with Crippen molar-refractivity contribution in [2.24, 2.45) is 0 Å². The molecular weight excluding hydrogens is 554 g/mol. The van der Waals surface area contributed by atoms with Gasteiger partial charge in [-0.25, -0.2) is 14.5 Å². The van der Waals surface area contributed by atoms with Gasteiger partial charge in [0.05, 0.1) is 27.9 Å². The van der Waals surface area contributed by atoms with E-state index in [9.17, 15) is 39.0 Å². The molecule has 43 heavy (non-hydrogen) atoms. The van der Waals surface area contributed by atoms with Crippen LogP contribution in [0.3, 0.4) is 0 Å². The number of nitrogens with zero attached hydrogens (tertiary/aromatic N) is 1. The SMILES string of the molecule is Cc1ccc(NC(=O)c2cccc(N3C(=O)c4ccc(C(=O)Nc5ccc(C)c(C(=O)O)c5)cc4C3=O)c2)cc1C(=O)O. The number of hydrogen-bond acceptors (Lipinski definition) is 6. The summed E-state index contributed by atoms with van der Waals surface area (Å²) in [7, 11) is 0. The number of fused-ring (bicyclic) bond motifs is 1. The fourth-order valence-corrected chi connectivity index (χ4v) is 4.67. The normalized spacial score (nSPS) is 12.1. The summed E-state index contributed by atoms with van der Waals surface area (Å²) in [4.78, 5) is 76.2. The maximum Gasteiger partial charge on any atom is 0.336 e. The van der Waals surface area contributed by atoms with Crippen LogP contribution in [0.2, 0.25) is 0 Å². The van der Waals surface area contributed by atoms with Gasteiger partial charge in [-0.3, -0.25) is 19.2 Å². The van der Waals surface area contributed by atoms with Crippen molar-refractivity contribution in [1.29, 1.82) is 0 Å². The molecule has 0 unspecified atom stereocenters. The van der Waals surface area contributed by atoms with Crippen LogP contribution in [0.4, 0.5) is 17.1 Å². The molecule has 4 aromatic carbocycles. The van der Waals surface area contributed by atoms with Gasteiger partial charge in [0, 0.05) is 22.5 Å². The minimum atomic E-state index is -1.14. The number of carbonyl (C=O) groups is 6. The first-order chi connectivity index (χ1) is 20.4. The fraction of sp³-hybridized carbons (Fsp3) is 0.0625. The number of anilines is 3. The highest BCUT2D eigenvalue weighted by atomic mass is 16.4. The summed E-state index contributed by atoms with van der Waals surface area (Å²) in [5.41, 5.74) is 2.00. The Bertz CT molecular complexity index is 1900. The Hall–Kier alpha value is -6.10. The summed E-state index contributed by atoms with van der Waals surface area (Å²) < 4.78 is 0. The molecule has 0 aromatic heterocycles. The maximum atomic E-state index is 13.4. The average Bonchev–Trinajstić information content (AvgIpc) is 3.23. The molecule has 0 aliphatic carbocycles. The summed E-state index contributed by atoms with van der Waals surface area (Å²) in [6.45, 7) is 3.27. The van der Waals surface area contributed by atoms with E-state index in [1.807, 2.05) is 0 Å². The molecule has 0 spiro atoms. The zero-order valence-electron chi connectivity index (χ0n) is 22.8. The molecule has 0 radical (unpaired) electrons. The summed E-state index contributed by atoms with van der Waals surface area (Å²) in [6.07, 6.45) is 0. The molecule has 214 valence electrons. The summed E-state index contributed by atoms with van der Waals surface area (Å²) in [5.74, 6) is -4.80. The average molecular weight is 578 g/mol. The number of nitrogens with one attached hydrogen (secondary N) is 2. The van der Waals surface area contributed by atoms with E-state index >= 15 is 0 Å². The predicted octanol–water partition coefficient (Wildman–Crippen LogP) is 5.01. The molecule has 1 aliphatic heterocycles. The van der Waals surface area contributed by atoms with Crippen LogP contribution < -0.4 is 15.5 Å². The van der Waals surface area contributed by atoms with E-state index in [0.717, 1.165) is 4.90 Å². The van der Waals surface area contributed by atoms with Crippen LogP contribution in [0.5, 0.6) is 0 Å². The second-order valence-corrected chi connectivity index (χ2v) is 9.83. The predicted molar refractivity (Wildman–Crippen MR) is 156 cm³/mol. The number of rotatable bonds is 7. The molecule has 0 saturated carbocycles. The summed E-state index contributed by atoms with van der Waals surface area (Å²) in [5, 5.41) is 23.9. The molecule has 0 fully saturated rings. The Morgan fingerprint density at radius 1 is 0.605 bits per heavy atom. The molecule has 11 nitrogen and oxygen atoms in total. The smallest absolute Gasteiger partial charge is 0.336 e. The second-order valence-electron chi connectivity index (χ2n) is 9.83. The van der Waals surface area contributed by atoms with Crippen molar-refractivity contribution >= 4 is 52.6 Å². The van der Waals surface area contributed by atoms with E-state index in [1.165, 1.54) is 54.6 Å². The zero-order valence-corrected chi connectivity index (χ0v) is 22.8. The molecule has 4 N–H and O–H groups in total. The van der Waals surface area contributed by atoms with Gasteiger partial charge >= 0.3 is 11.9 Å². The highest BCUT2D eigenvalue weighted by Crippen LogP contribution is 2.30. The van der Waals surface area contributed by atoms with Crippen molar-refractivity contribution in [2.75, 3.05) is 15.5 Å². The lowest BCUT2D eigenvalue weighted by Gasteiger charge is -2.15. The van der Waals surface area contributed by atoms with Crippen LogP contribution in [0.25, 0.3) is 0 Å². The number of hydrogen-bond donors (Lipinski definition) is 4. The largest absolute Gasteiger partial charge is 0.478 e. The molecule has 4 aromatic rings. The first kappa shape index (κ1) is 28.4. The molecule has 0 saturated heterocycles. The van der Waals surface area contributed by atoms with Crippen LogP contribution in [0.15, 0.2) is 78.9 Å². The van der Waals surface area contributed by atoms with Crippen LogP contribution in [-0.2, 0) is 0 Å². The van der Waals surface area contributed by atoms with Gasteiger partial charge in [0.2, 0.25) is 0 Å². The molecule has 1 aliphatic rings. The molecule has 5 rings (SSSR count). The molecule has 4 amide bonds. The first-order valence-corrected chi connectivity index (χ1v) is 12.9. The number of aryl methyl sites for hydroxylation is 2. The number of carboxylic acids is 2. The highest BCUT2D eigenvalue weighted by molar-refractivity contribution is 6.35. The Morgan fingerprint density at radius 3 is 1.65 bits per heavy atom. The molecule has 0 atom stereocenters. The Kier molecular flexibility index (Phi) is 7.31. The number of imide groups is 1. The monoisotopic (exact) mass is 577 g/mol. The van der Waals surface area contributed by atoms with Gasteiger partial charge in [-0.1, -0.05) is 18.2 Å². The van der Waals surface area contributed by atoms with Crippen molar-refractivity contribution in [3.8, 4) is 0 Å². The number of carbonyl (C=O) groups excluding carboxylic acids is 4. The zero-order chi connectivity index (χ0) is 31.0. The fourth-order valence-electron chi connectivity index (χ4n) is 4.67. The third kappa shape index (κ3) is 5.46. The topological polar surface area (TPSA) is 170 Å². The van der Waals surface area contributed by atoms with E-state index in [-0.39, 0.29) is 50.4 Å². The number of amides is 4. The lowest BCUT2D eigenvalue weighted by atomic mass is 10.0. The first-order valence-electron chi connectivity index (χ1n) is 12.9. The third-order valence-corrected chi connectivity index (χ3v) is 6.97. The minimum absolute atomic E-state index is 0.0107. The van der Waals surface area contributed by atoms with Crippen molar-refractivity contribution in [3.05, 3.63) is 123 Å². The standard InChI is InChI=1S/C32H23N3O8/c1-16-6-9-20(14-24(16)31(40)41)33-27(36)18-4-3-5-22(12-18)35-29(38)23-11-8-19(13-26(23)30(35)39)28(37)34-21-10-7-17(2)25(15-21)32(42)43/h3-15H,1-2H3,(H,33,36)(H,34,37)(H,40,41)(H,42,43). The molecular formula is C32H23N3O8. The highest BCUT2D eigenvalue weighted by Gasteiger charge is 2.37. The third-order valence-electron chi connectivity index (χ3n) is 6.97. The lowest BCUT2D eigenvalue weighted by Crippen LogP contribution is -2.29.